The molecule has 1 saturated heterocycles. The maximum absolute atomic E-state index is 12.5. The van der Waals surface area contributed by atoms with Gasteiger partial charge in [0, 0.05) is 25.8 Å². The fourth-order valence-corrected chi connectivity index (χ4v) is 4.12. The van der Waals surface area contributed by atoms with Gasteiger partial charge in [0.05, 0.1) is 0 Å². The van der Waals surface area contributed by atoms with E-state index in [-0.39, 0.29) is 10.9 Å². The van der Waals surface area contributed by atoms with Gasteiger partial charge in [-0.05, 0) is 31.4 Å². The molecule has 1 aromatic heterocycles. The molecule has 2 atom stereocenters. The van der Waals surface area contributed by atoms with Crippen LogP contribution in [0.15, 0.2) is 23.2 Å². The minimum Gasteiger partial charge on any atom is -0.373 e. The highest BCUT2D eigenvalue weighted by Crippen LogP contribution is 2.28. The average molecular weight is 269 g/mol. The molecule has 0 aliphatic carbocycles. The zero-order valence-corrected chi connectivity index (χ0v) is 11.7. The molecule has 0 bridgehead atoms. The number of aromatic nitrogens is 1. The molecule has 1 aliphatic rings. The molecule has 1 fully saturated rings. The van der Waals surface area contributed by atoms with Crippen molar-refractivity contribution in [1.82, 2.24) is 9.29 Å². The Labute approximate surface area is 108 Å². The second kappa shape index (κ2) is 4.85. The fourth-order valence-electron chi connectivity index (χ4n) is 2.41. The van der Waals surface area contributed by atoms with Crippen LogP contribution in [0.25, 0.3) is 0 Å². The predicted molar refractivity (Wildman–Crippen MR) is 70.9 cm³/mol. The van der Waals surface area contributed by atoms with Crippen molar-refractivity contribution in [3.8, 4) is 0 Å². The molecule has 0 aromatic carbocycles. The van der Waals surface area contributed by atoms with E-state index in [2.05, 4.69) is 17.2 Å². The van der Waals surface area contributed by atoms with Gasteiger partial charge in [-0.2, -0.15) is 4.31 Å². The van der Waals surface area contributed by atoms with Crippen LogP contribution in [0.3, 0.4) is 0 Å². The van der Waals surface area contributed by atoms with Crippen molar-refractivity contribution in [2.45, 2.75) is 31.2 Å². The van der Waals surface area contributed by atoms with Crippen LogP contribution in [0.5, 0.6) is 0 Å². The Morgan fingerprint density at radius 3 is 2.56 bits per heavy atom. The molecular weight excluding hydrogens is 250 g/mol. The van der Waals surface area contributed by atoms with Crippen LogP contribution in [0, 0.1) is 5.92 Å². The Morgan fingerprint density at radius 2 is 2.11 bits per heavy atom. The van der Waals surface area contributed by atoms with E-state index >= 15 is 0 Å². The van der Waals surface area contributed by atoms with Gasteiger partial charge in [0.15, 0.2) is 0 Å². The van der Waals surface area contributed by atoms with Gasteiger partial charge in [-0.25, -0.2) is 13.4 Å². The monoisotopic (exact) mass is 269 g/mol. The Morgan fingerprint density at radius 1 is 1.39 bits per heavy atom. The lowest BCUT2D eigenvalue weighted by Gasteiger charge is -2.20. The number of rotatable bonds is 3. The number of hydrogen-bond acceptors (Lipinski definition) is 4. The fraction of sp³-hybridized carbons (Fsp3) is 0.583. The smallest absolute Gasteiger partial charge is 0.244 e. The normalized spacial score (nSPS) is 25.3. The number of nitrogens with zero attached hydrogens (tertiary/aromatic N) is 2. The van der Waals surface area contributed by atoms with E-state index in [1.165, 1.54) is 6.20 Å². The zero-order valence-electron chi connectivity index (χ0n) is 10.9. The van der Waals surface area contributed by atoms with E-state index in [9.17, 15) is 8.42 Å². The quantitative estimate of drug-likeness (QED) is 0.904. The first-order valence-corrected chi connectivity index (χ1v) is 7.55. The lowest BCUT2D eigenvalue weighted by molar-refractivity contribution is 0.405. The third kappa shape index (κ3) is 2.35. The van der Waals surface area contributed by atoms with Gasteiger partial charge in [0.2, 0.25) is 10.0 Å². The summed E-state index contributed by atoms with van der Waals surface area (Å²) in [5, 5.41) is 2.87. The highest BCUT2D eigenvalue weighted by Gasteiger charge is 2.36. The van der Waals surface area contributed by atoms with Crippen molar-refractivity contribution in [1.29, 1.82) is 0 Å². The molecule has 100 valence electrons. The van der Waals surface area contributed by atoms with Crippen LogP contribution < -0.4 is 5.32 Å². The first-order chi connectivity index (χ1) is 8.45. The van der Waals surface area contributed by atoms with E-state index in [4.69, 9.17) is 0 Å². The van der Waals surface area contributed by atoms with Crippen molar-refractivity contribution in [3.05, 3.63) is 18.3 Å². The molecule has 1 aromatic rings. The molecule has 18 heavy (non-hydrogen) atoms. The molecule has 0 spiro atoms. The van der Waals surface area contributed by atoms with E-state index < -0.39 is 10.0 Å². The molecule has 2 heterocycles. The summed E-state index contributed by atoms with van der Waals surface area (Å²) >= 11 is 0. The van der Waals surface area contributed by atoms with Gasteiger partial charge in [-0.3, -0.25) is 0 Å². The largest absolute Gasteiger partial charge is 0.373 e. The zero-order chi connectivity index (χ0) is 13.3. The van der Waals surface area contributed by atoms with Crippen LogP contribution in [-0.4, -0.2) is 37.3 Å². The third-order valence-corrected chi connectivity index (χ3v) is 5.29. The molecule has 6 heteroatoms. The van der Waals surface area contributed by atoms with Gasteiger partial charge in [-0.15, -0.1) is 0 Å². The minimum absolute atomic E-state index is 0.0639. The average Bonchev–Trinajstić information content (AvgIpc) is 2.69. The highest BCUT2D eigenvalue weighted by atomic mass is 32.2. The van der Waals surface area contributed by atoms with Gasteiger partial charge in [-0.1, -0.05) is 6.92 Å². The maximum atomic E-state index is 12.5. The lowest BCUT2D eigenvalue weighted by Crippen LogP contribution is -2.34. The van der Waals surface area contributed by atoms with Gasteiger partial charge < -0.3 is 5.32 Å². The van der Waals surface area contributed by atoms with Crippen molar-refractivity contribution >= 4 is 15.8 Å². The standard InChI is InChI=1S/C12H19N3O2S/c1-9-6-10(2)15(8-9)18(16,17)11-4-5-12(13-3)14-7-11/h4-5,7,9-10H,6,8H2,1-3H3,(H,13,14). The van der Waals surface area contributed by atoms with Crippen LogP contribution in [0.2, 0.25) is 0 Å². The molecule has 2 rings (SSSR count). The van der Waals surface area contributed by atoms with Gasteiger partial charge in [0.1, 0.15) is 10.7 Å². The molecule has 0 saturated carbocycles. The summed E-state index contributed by atoms with van der Waals surface area (Å²) in [5.74, 6) is 1.08. The summed E-state index contributed by atoms with van der Waals surface area (Å²) in [6.07, 6.45) is 2.33. The summed E-state index contributed by atoms with van der Waals surface area (Å²) < 4.78 is 26.5. The molecular formula is C12H19N3O2S. The number of nitrogens with one attached hydrogen (secondary N) is 1. The first kappa shape index (κ1) is 13.3. The summed E-state index contributed by atoms with van der Waals surface area (Å²) in [6, 6.07) is 3.34. The number of sulfonamides is 1. The lowest BCUT2D eigenvalue weighted by atomic mass is 10.1. The van der Waals surface area contributed by atoms with Crippen molar-refractivity contribution in [2.24, 2.45) is 5.92 Å². The molecule has 5 nitrogen and oxygen atoms in total. The SMILES string of the molecule is CNc1ccc(S(=O)(=O)N2CC(C)CC2C)cn1. The number of anilines is 1. The Bertz CT molecular complexity index is 513. The second-order valence-electron chi connectivity index (χ2n) is 4.89. The van der Waals surface area contributed by atoms with Crippen LogP contribution >= 0.6 is 0 Å². The summed E-state index contributed by atoms with van der Waals surface area (Å²) in [4.78, 5) is 4.33. The second-order valence-corrected chi connectivity index (χ2v) is 6.78. The highest BCUT2D eigenvalue weighted by molar-refractivity contribution is 7.89. The summed E-state index contributed by atoms with van der Waals surface area (Å²) in [7, 11) is -1.65. The molecule has 0 radical (unpaired) electrons. The Kier molecular flexibility index (Phi) is 3.59. The van der Waals surface area contributed by atoms with Crippen LogP contribution in [0.1, 0.15) is 20.3 Å². The van der Waals surface area contributed by atoms with E-state index in [0.717, 1.165) is 6.42 Å². The number of hydrogen-bond donors (Lipinski definition) is 1. The Balaban J connectivity index is 2.30. The third-order valence-electron chi connectivity index (χ3n) is 3.33. The summed E-state index contributed by atoms with van der Waals surface area (Å²) in [5.41, 5.74) is 0. The van der Waals surface area contributed by atoms with Crippen molar-refractivity contribution < 1.29 is 8.42 Å². The Hall–Kier alpha value is -1.14. The first-order valence-electron chi connectivity index (χ1n) is 6.11. The minimum atomic E-state index is -3.40. The molecule has 1 N–H and O–H groups in total. The van der Waals surface area contributed by atoms with Crippen LogP contribution in [-0.2, 0) is 10.0 Å². The van der Waals surface area contributed by atoms with Gasteiger partial charge >= 0.3 is 0 Å². The van der Waals surface area contributed by atoms with Crippen molar-refractivity contribution in [2.75, 3.05) is 18.9 Å². The van der Waals surface area contributed by atoms with E-state index in [0.29, 0.717) is 18.3 Å². The molecule has 1 aliphatic heterocycles. The van der Waals surface area contributed by atoms with E-state index in [1.807, 2.05) is 6.92 Å². The predicted octanol–water partition coefficient (Wildman–Crippen LogP) is 1.54. The van der Waals surface area contributed by atoms with Crippen LogP contribution in [0.4, 0.5) is 5.82 Å². The maximum Gasteiger partial charge on any atom is 0.244 e. The molecule has 2 unspecified atom stereocenters. The summed E-state index contributed by atoms with van der Waals surface area (Å²) in [6.45, 7) is 4.63. The van der Waals surface area contributed by atoms with Crippen molar-refractivity contribution in [3.63, 3.8) is 0 Å². The molecule has 0 amide bonds. The topological polar surface area (TPSA) is 62.3 Å². The number of pyridine rings is 1. The van der Waals surface area contributed by atoms with E-state index in [1.54, 1.807) is 23.5 Å². The van der Waals surface area contributed by atoms with Gasteiger partial charge in [0.25, 0.3) is 0 Å².